The molecule has 2 nitrogen and oxygen atoms in total. The summed E-state index contributed by atoms with van der Waals surface area (Å²) in [6, 6.07) is 9.14. The van der Waals surface area contributed by atoms with Crippen LogP contribution in [0.2, 0.25) is 0 Å². The molecule has 0 radical (unpaired) electrons. The third-order valence-corrected chi connectivity index (χ3v) is 8.21. The van der Waals surface area contributed by atoms with Gasteiger partial charge in [0.1, 0.15) is 0 Å². The lowest BCUT2D eigenvalue weighted by Gasteiger charge is -2.12. The third kappa shape index (κ3) is 4.92. The summed E-state index contributed by atoms with van der Waals surface area (Å²) in [6.45, 7) is 4.13. The molecule has 0 saturated carbocycles. The summed E-state index contributed by atoms with van der Waals surface area (Å²) < 4.78 is 27.2. The quantitative estimate of drug-likeness (QED) is 0.319. The zero-order valence-electron chi connectivity index (χ0n) is 14.1. The van der Waals surface area contributed by atoms with E-state index >= 15 is 0 Å². The second-order valence-corrected chi connectivity index (χ2v) is 9.71. The van der Waals surface area contributed by atoms with Gasteiger partial charge in [-0.3, -0.25) is 0 Å². The molecular weight excluding hydrogens is 451 g/mol. The molecule has 24 heavy (non-hydrogen) atoms. The van der Waals surface area contributed by atoms with E-state index in [0.717, 1.165) is 40.4 Å². The summed E-state index contributed by atoms with van der Waals surface area (Å²) in [5.41, 5.74) is 2.07. The predicted octanol–water partition coefficient (Wildman–Crippen LogP) is 6.60. The van der Waals surface area contributed by atoms with Crippen molar-refractivity contribution in [2.45, 2.75) is 50.8 Å². The highest BCUT2D eigenvalue weighted by atomic mass is 127. The Bertz CT molecular complexity index is 773. The van der Waals surface area contributed by atoms with E-state index in [2.05, 4.69) is 29.5 Å². The van der Waals surface area contributed by atoms with Gasteiger partial charge in [0.05, 0.1) is 9.80 Å². The minimum absolute atomic E-state index is 0.392. The van der Waals surface area contributed by atoms with Gasteiger partial charge in [0.2, 0.25) is 9.84 Å². The number of sulfone groups is 1. The first-order valence-corrected chi connectivity index (χ1v) is 11.7. The summed E-state index contributed by atoms with van der Waals surface area (Å²) in [5, 5.41) is 4.00. The second-order valence-electron chi connectivity index (χ2n) is 5.88. The fraction of sp³-hybridized carbons (Fsp3) is 0.368. The van der Waals surface area contributed by atoms with Crippen LogP contribution in [0.4, 0.5) is 0 Å². The van der Waals surface area contributed by atoms with E-state index in [4.69, 9.17) is 0 Å². The third-order valence-electron chi connectivity index (χ3n) is 3.93. The van der Waals surface area contributed by atoms with Gasteiger partial charge in [-0.1, -0.05) is 43.9 Å². The largest absolute Gasteiger partial charge is 0.219 e. The Morgan fingerprint density at radius 2 is 1.79 bits per heavy atom. The van der Waals surface area contributed by atoms with Crippen LogP contribution < -0.4 is 0 Å². The maximum atomic E-state index is 13.2. The van der Waals surface area contributed by atoms with Crippen LogP contribution in [0, 0.1) is 6.92 Å². The molecule has 5 heteroatoms. The molecular formula is C19H23IO2S2. The summed E-state index contributed by atoms with van der Waals surface area (Å²) in [6.07, 6.45) is 4.87. The Kier molecular flexibility index (Phi) is 7.50. The van der Waals surface area contributed by atoms with Crippen molar-refractivity contribution in [1.29, 1.82) is 0 Å². The van der Waals surface area contributed by atoms with E-state index in [1.165, 1.54) is 0 Å². The molecule has 2 rings (SSSR count). The Morgan fingerprint density at radius 1 is 1.08 bits per heavy atom. The van der Waals surface area contributed by atoms with Crippen LogP contribution in [0.15, 0.2) is 50.9 Å². The van der Waals surface area contributed by atoms with Crippen LogP contribution in [-0.4, -0.2) is 8.42 Å². The van der Waals surface area contributed by atoms with E-state index in [-0.39, 0.29) is 0 Å². The number of thiophene rings is 1. The van der Waals surface area contributed by atoms with Crippen LogP contribution in [0.3, 0.4) is 0 Å². The lowest BCUT2D eigenvalue weighted by atomic mass is 10.1. The van der Waals surface area contributed by atoms with Crippen molar-refractivity contribution in [2.24, 2.45) is 0 Å². The van der Waals surface area contributed by atoms with E-state index in [1.807, 2.05) is 35.9 Å². The predicted molar refractivity (Wildman–Crippen MR) is 112 cm³/mol. The van der Waals surface area contributed by atoms with Crippen LogP contribution in [0.1, 0.15) is 50.2 Å². The molecule has 0 aliphatic heterocycles. The zero-order valence-corrected chi connectivity index (χ0v) is 17.9. The topological polar surface area (TPSA) is 34.1 Å². The molecule has 2 aromatic rings. The van der Waals surface area contributed by atoms with Gasteiger partial charge in [0, 0.05) is 3.58 Å². The van der Waals surface area contributed by atoms with Gasteiger partial charge in [0.25, 0.3) is 0 Å². The first-order chi connectivity index (χ1) is 11.5. The summed E-state index contributed by atoms with van der Waals surface area (Å²) in [5.74, 6) is 0. The number of rotatable bonds is 8. The fourth-order valence-electron chi connectivity index (χ4n) is 2.48. The van der Waals surface area contributed by atoms with E-state index < -0.39 is 9.84 Å². The van der Waals surface area contributed by atoms with Gasteiger partial charge in [-0.25, -0.2) is 8.42 Å². The molecule has 1 aromatic carbocycles. The molecule has 1 heterocycles. The second kappa shape index (κ2) is 9.15. The van der Waals surface area contributed by atoms with Crippen molar-refractivity contribution in [3.63, 3.8) is 0 Å². The van der Waals surface area contributed by atoms with Gasteiger partial charge in [0.15, 0.2) is 0 Å². The van der Waals surface area contributed by atoms with Gasteiger partial charge < -0.3 is 0 Å². The minimum Gasteiger partial charge on any atom is -0.219 e. The Labute approximate surface area is 163 Å². The molecule has 130 valence electrons. The number of hydrogen-bond donors (Lipinski definition) is 0. The maximum Gasteiger partial charge on any atom is 0.203 e. The van der Waals surface area contributed by atoms with Crippen molar-refractivity contribution in [3.8, 4) is 0 Å². The smallest absolute Gasteiger partial charge is 0.203 e. The molecule has 0 spiro atoms. The molecule has 0 amide bonds. The average Bonchev–Trinajstić information content (AvgIpc) is 3.09. The fourth-order valence-corrected chi connectivity index (χ4v) is 6.36. The Morgan fingerprint density at radius 3 is 2.38 bits per heavy atom. The highest BCUT2D eigenvalue weighted by molar-refractivity contribution is 14.1. The SMILES string of the molecule is CCCCCC/C(=C(\I)c1ccsc1)S(=O)(=O)c1ccc(C)cc1. The van der Waals surface area contributed by atoms with Crippen molar-refractivity contribution >= 4 is 47.3 Å². The van der Waals surface area contributed by atoms with Gasteiger partial charge in [-0.2, -0.15) is 11.3 Å². The molecule has 0 bridgehead atoms. The molecule has 0 unspecified atom stereocenters. The van der Waals surface area contributed by atoms with Crippen molar-refractivity contribution in [3.05, 3.63) is 57.1 Å². The number of unbranched alkanes of at least 4 members (excludes halogenated alkanes) is 3. The van der Waals surface area contributed by atoms with Crippen LogP contribution in [0.25, 0.3) is 3.58 Å². The monoisotopic (exact) mass is 474 g/mol. The molecule has 0 fully saturated rings. The van der Waals surface area contributed by atoms with Crippen molar-refractivity contribution < 1.29 is 8.42 Å². The average molecular weight is 474 g/mol. The van der Waals surface area contributed by atoms with E-state index in [1.54, 1.807) is 23.5 Å². The molecule has 0 atom stereocenters. The first-order valence-electron chi connectivity index (χ1n) is 8.19. The lowest BCUT2D eigenvalue weighted by molar-refractivity contribution is 0.597. The zero-order chi connectivity index (χ0) is 17.6. The van der Waals surface area contributed by atoms with Gasteiger partial charge in [-0.05, 0) is 76.9 Å². The lowest BCUT2D eigenvalue weighted by Crippen LogP contribution is -2.07. The molecule has 0 aliphatic rings. The highest BCUT2D eigenvalue weighted by Crippen LogP contribution is 2.36. The number of allylic oxidation sites excluding steroid dienone is 1. The maximum absolute atomic E-state index is 13.2. The van der Waals surface area contributed by atoms with Gasteiger partial charge >= 0.3 is 0 Å². The molecule has 0 aliphatic carbocycles. The van der Waals surface area contributed by atoms with Crippen molar-refractivity contribution in [2.75, 3.05) is 0 Å². The van der Waals surface area contributed by atoms with Crippen LogP contribution in [0.5, 0.6) is 0 Å². The first kappa shape index (κ1) is 19.7. The summed E-state index contributed by atoms with van der Waals surface area (Å²) >= 11 is 3.78. The van der Waals surface area contributed by atoms with E-state index in [0.29, 0.717) is 16.2 Å². The molecule has 0 saturated heterocycles. The standard InChI is InChI=1S/C19H23IO2S2/c1-3-4-5-6-7-18(19(20)16-12-13-23-14-16)24(21,22)17-10-8-15(2)9-11-17/h8-14H,3-7H2,1-2H3/b19-18+. The highest BCUT2D eigenvalue weighted by Gasteiger charge is 2.24. The summed E-state index contributed by atoms with van der Waals surface area (Å²) in [7, 11) is -3.45. The number of benzene rings is 1. The molecule has 0 N–H and O–H groups in total. The van der Waals surface area contributed by atoms with Crippen LogP contribution >= 0.6 is 33.9 Å². The Hall–Kier alpha value is -0.660. The minimum atomic E-state index is -3.45. The van der Waals surface area contributed by atoms with Gasteiger partial charge in [-0.15, -0.1) is 0 Å². The number of aryl methyl sites for hydroxylation is 1. The Balaban J connectivity index is 2.41. The van der Waals surface area contributed by atoms with E-state index in [9.17, 15) is 8.42 Å². The number of halogens is 1. The molecule has 1 aromatic heterocycles. The summed E-state index contributed by atoms with van der Waals surface area (Å²) in [4.78, 5) is 0.949. The number of hydrogen-bond acceptors (Lipinski definition) is 3. The van der Waals surface area contributed by atoms with Crippen LogP contribution in [-0.2, 0) is 9.84 Å². The van der Waals surface area contributed by atoms with Crippen molar-refractivity contribution in [1.82, 2.24) is 0 Å². The normalized spacial score (nSPS) is 13.0.